The molecule has 1 radical (unpaired) electrons. The SMILES string of the molecule is CCCC/C=[C]\c1cc(C)cc(C)c1C. The highest BCUT2D eigenvalue weighted by Gasteiger charge is 1.99. The molecule has 0 bridgehead atoms. The molecule has 0 aliphatic rings. The van der Waals surface area contributed by atoms with E-state index < -0.39 is 0 Å². The van der Waals surface area contributed by atoms with E-state index in [2.05, 4.69) is 52.0 Å². The highest BCUT2D eigenvalue weighted by Crippen LogP contribution is 2.16. The van der Waals surface area contributed by atoms with Gasteiger partial charge in [0.2, 0.25) is 0 Å². The Labute approximate surface area is 94.0 Å². The zero-order valence-electron chi connectivity index (χ0n) is 10.4. The van der Waals surface area contributed by atoms with Crippen molar-refractivity contribution in [3.05, 3.63) is 46.5 Å². The molecule has 0 saturated carbocycles. The molecule has 0 aromatic heterocycles. The fourth-order valence-electron chi connectivity index (χ4n) is 1.68. The Morgan fingerprint density at radius 1 is 1.20 bits per heavy atom. The van der Waals surface area contributed by atoms with Gasteiger partial charge >= 0.3 is 0 Å². The summed E-state index contributed by atoms with van der Waals surface area (Å²) in [5, 5.41) is 0. The Hall–Kier alpha value is -1.04. The van der Waals surface area contributed by atoms with Crippen LogP contribution in [0.4, 0.5) is 0 Å². The van der Waals surface area contributed by atoms with Crippen LogP contribution in [0.25, 0.3) is 0 Å². The third-order valence-electron chi connectivity index (χ3n) is 2.77. The molecule has 1 aromatic carbocycles. The second kappa shape index (κ2) is 5.75. The number of benzene rings is 1. The molecule has 0 spiro atoms. The van der Waals surface area contributed by atoms with E-state index in [1.54, 1.807) is 0 Å². The van der Waals surface area contributed by atoms with Crippen LogP contribution in [0.15, 0.2) is 18.2 Å². The molecule has 0 heteroatoms. The maximum atomic E-state index is 3.40. The van der Waals surface area contributed by atoms with E-state index in [1.807, 2.05) is 0 Å². The van der Waals surface area contributed by atoms with Crippen LogP contribution in [0, 0.1) is 26.8 Å². The van der Waals surface area contributed by atoms with E-state index in [1.165, 1.54) is 35.1 Å². The molecule has 1 rings (SSSR count). The van der Waals surface area contributed by atoms with Crippen molar-refractivity contribution in [3.8, 4) is 0 Å². The monoisotopic (exact) mass is 201 g/mol. The zero-order valence-corrected chi connectivity index (χ0v) is 10.4. The van der Waals surface area contributed by atoms with Gasteiger partial charge in [0.1, 0.15) is 0 Å². The predicted octanol–water partition coefficient (Wildman–Crippen LogP) is 4.51. The van der Waals surface area contributed by atoms with E-state index in [9.17, 15) is 0 Å². The van der Waals surface area contributed by atoms with Gasteiger partial charge in [-0.25, -0.2) is 0 Å². The zero-order chi connectivity index (χ0) is 11.3. The lowest BCUT2D eigenvalue weighted by Gasteiger charge is -2.06. The van der Waals surface area contributed by atoms with Gasteiger partial charge in [-0.3, -0.25) is 0 Å². The van der Waals surface area contributed by atoms with Crippen LogP contribution in [0.2, 0.25) is 0 Å². The van der Waals surface area contributed by atoms with Crippen molar-refractivity contribution in [1.29, 1.82) is 0 Å². The number of unbranched alkanes of at least 4 members (excludes halogenated alkanes) is 2. The number of allylic oxidation sites excluding steroid dienone is 1. The van der Waals surface area contributed by atoms with Crippen molar-refractivity contribution < 1.29 is 0 Å². The quantitative estimate of drug-likeness (QED) is 0.629. The Morgan fingerprint density at radius 3 is 2.60 bits per heavy atom. The summed E-state index contributed by atoms with van der Waals surface area (Å²) in [6.07, 6.45) is 9.23. The molecule has 0 saturated heterocycles. The summed E-state index contributed by atoms with van der Waals surface area (Å²) < 4.78 is 0. The molecule has 0 nitrogen and oxygen atoms in total. The van der Waals surface area contributed by atoms with Gasteiger partial charge in [-0.15, -0.1) is 0 Å². The molecule has 0 amide bonds. The first-order valence-corrected chi connectivity index (χ1v) is 5.81. The maximum Gasteiger partial charge on any atom is -0.0146 e. The lowest BCUT2D eigenvalue weighted by Crippen LogP contribution is -1.89. The molecule has 1 aromatic rings. The average molecular weight is 201 g/mol. The minimum Gasteiger partial charge on any atom is -0.0760 e. The summed E-state index contributed by atoms with van der Waals surface area (Å²) in [5.74, 6) is 0. The van der Waals surface area contributed by atoms with Crippen LogP contribution in [0.3, 0.4) is 0 Å². The topological polar surface area (TPSA) is 0 Å². The summed E-state index contributed by atoms with van der Waals surface area (Å²) in [6.45, 7) is 8.70. The molecule has 0 heterocycles. The second-order valence-corrected chi connectivity index (χ2v) is 4.25. The van der Waals surface area contributed by atoms with Gasteiger partial charge in [-0.2, -0.15) is 0 Å². The van der Waals surface area contributed by atoms with Gasteiger partial charge < -0.3 is 0 Å². The third kappa shape index (κ3) is 3.54. The molecule has 15 heavy (non-hydrogen) atoms. The second-order valence-electron chi connectivity index (χ2n) is 4.25. The molecule has 0 N–H and O–H groups in total. The van der Waals surface area contributed by atoms with E-state index in [0.29, 0.717) is 0 Å². The van der Waals surface area contributed by atoms with Crippen LogP contribution < -0.4 is 0 Å². The lowest BCUT2D eigenvalue weighted by molar-refractivity contribution is 0.813. The van der Waals surface area contributed by atoms with Gasteiger partial charge in [0.05, 0.1) is 0 Å². The summed E-state index contributed by atoms with van der Waals surface area (Å²) >= 11 is 0. The molecule has 0 atom stereocenters. The largest absolute Gasteiger partial charge is 0.0760 e. The normalized spacial score (nSPS) is 11.2. The van der Waals surface area contributed by atoms with Crippen molar-refractivity contribution in [1.82, 2.24) is 0 Å². The summed E-state index contributed by atoms with van der Waals surface area (Å²) in [6, 6.07) is 4.44. The van der Waals surface area contributed by atoms with Crippen LogP contribution in [0.1, 0.15) is 48.4 Å². The lowest BCUT2D eigenvalue weighted by atomic mass is 9.99. The van der Waals surface area contributed by atoms with Crippen LogP contribution in [0.5, 0.6) is 0 Å². The van der Waals surface area contributed by atoms with Gasteiger partial charge in [-0.1, -0.05) is 43.5 Å². The first-order chi connectivity index (χ1) is 7.15. The Bertz CT molecular complexity index is 345. The molecular weight excluding hydrogens is 180 g/mol. The fraction of sp³-hybridized carbons (Fsp3) is 0.467. The Balaban J connectivity index is 2.80. The summed E-state index contributed by atoms with van der Waals surface area (Å²) in [4.78, 5) is 0. The molecule has 0 fully saturated rings. The molecular formula is C15H21. The third-order valence-corrected chi connectivity index (χ3v) is 2.77. The molecule has 0 unspecified atom stereocenters. The van der Waals surface area contributed by atoms with Gasteiger partial charge in [0.15, 0.2) is 0 Å². The van der Waals surface area contributed by atoms with E-state index in [0.717, 1.165) is 6.42 Å². The average Bonchev–Trinajstić information content (AvgIpc) is 2.19. The summed E-state index contributed by atoms with van der Waals surface area (Å²) in [5.41, 5.74) is 5.29. The minimum absolute atomic E-state index is 1.14. The van der Waals surface area contributed by atoms with Crippen molar-refractivity contribution in [2.24, 2.45) is 0 Å². The molecule has 81 valence electrons. The minimum atomic E-state index is 1.14. The number of hydrogen-bond donors (Lipinski definition) is 0. The highest BCUT2D eigenvalue weighted by atomic mass is 14.0. The summed E-state index contributed by atoms with van der Waals surface area (Å²) in [7, 11) is 0. The number of aryl methyl sites for hydroxylation is 2. The van der Waals surface area contributed by atoms with Gasteiger partial charge in [0.25, 0.3) is 0 Å². The van der Waals surface area contributed by atoms with Crippen LogP contribution in [-0.2, 0) is 0 Å². The molecule has 0 aliphatic carbocycles. The van der Waals surface area contributed by atoms with Gasteiger partial charge in [-0.05, 0) is 50.0 Å². The smallest absolute Gasteiger partial charge is 0.0146 e. The van der Waals surface area contributed by atoms with E-state index in [-0.39, 0.29) is 0 Å². The van der Waals surface area contributed by atoms with Crippen molar-refractivity contribution in [2.45, 2.75) is 47.0 Å². The van der Waals surface area contributed by atoms with Crippen molar-refractivity contribution >= 4 is 0 Å². The number of rotatable bonds is 4. The van der Waals surface area contributed by atoms with E-state index >= 15 is 0 Å². The molecule has 0 aliphatic heterocycles. The number of hydrogen-bond acceptors (Lipinski definition) is 0. The van der Waals surface area contributed by atoms with Crippen LogP contribution >= 0.6 is 0 Å². The fourth-order valence-corrected chi connectivity index (χ4v) is 1.68. The van der Waals surface area contributed by atoms with Gasteiger partial charge in [0, 0.05) is 0 Å². The first-order valence-electron chi connectivity index (χ1n) is 5.81. The maximum absolute atomic E-state index is 3.40. The first kappa shape index (κ1) is 12.0. The van der Waals surface area contributed by atoms with E-state index in [4.69, 9.17) is 0 Å². The van der Waals surface area contributed by atoms with Crippen molar-refractivity contribution in [2.75, 3.05) is 0 Å². The highest BCUT2D eigenvalue weighted by molar-refractivity contribution is 5.40. The standard InChI is InChI=1S/C15H21/c1-5-6-7-8-9-15-11-12(2)10-13(3)14(15)4/h8,10-11H,5-7H2,1-4H3. The van der Waals surface area contributed by atoms with Crippen molar-refractivity contribution in [3.63, 3.8) is 0 Å². The Morgan fingerprint density at radius 2 is 1.93 bits per heavy atom. The Kier molecular flexibility index (Phi) is 4.61. The van der Waals surface area contributed by atoms with Crippen LogP contribution in [-0.4, -0.2) is 0 Å². The predicted molar refractivity (Wildman–Crippen MR) is 67.1 cm³/mol.